The van der Waals surface area contributed by atoms with Gasteiger partial charge in [-0.25, -0.2) is 4.79 Å². The molecule has 0 fully saturated rings. The van der Waals surface area contributed by atoms with Crippen LogP contribution >= 0.6 is 11.6 Å². The minimum absolute atomic E-state index is 0.184. The molecule has 1 unspecified atom stereocenters. The molecule has 1 amide bonds. The number of carbonyl (C=O) groups excluding carboxylic acids is 1. The van der Waals surface area contributed by atoms with E-state index in [4.69, 9.17) is 16.3 Å². The van der Waals surface area contributed by atoms with Crippen molar-refractivity contribution in [3.8, 4) is 6.07 Å². The van der Waals surface area contributed by atoms with Crippen LogP contribution in [0, 0.1) is 11.3 Å². The number of anilines is 1. The molecule has 3 aromatic carbocycles. The molecule has 0 aliphatic carbocycles. The lowest BCUT2D eigenvalue weighted by molar-refractivity contribution is 0.155. The summed E-state index contributed by atoms with van der Waals surface area (Å²) in [5.74, 6) is -0.474. The number of nitrogens with one attached hydrogen (secondary N) is 1. The van der Waals surface area contributed by atoms with Gasteiger partial charge in [0.05, 0.1) is 12.0 Å². The van der Waals surface area contributed by atoms with Gasteiger partial charge in [-0.1, -0.05) is 78.3 Å². The zero-order chi connectivity index (χ0) is 19.1. The summed E-state index contributed by atoms with van der Waals surface area (Å²) >= 11 is 6.37. The molecule has 0 heterocycles. The molecule has 0 aliphatic rings. The van der Waals surface area contributed by atoms with Crippen LogP contribution in [0.1, 0.15) is 22.6 Å². The minimum atomic E-state index is -0.567. The fourth-order valence-corrected chi connectivity index (χ4v) is 2.97. The van der Waals surface area contributed by atoms with E-state index in [9.17, 15) is 10.1 Å². The molecule has 0 saturated heterocycles. The third-order valence-electron chi connectivity index (χ3n) is 4.03. The zero-order valence-corrected chi connectivity index (χ0v) is 15.2. The molecule has 0 bridgehead atoms. The number of amides is 1. The van der Waals surface area contributed by atoms with E-state index < -0.39 is 12.0 Å². The third kappa shape index (κ3) is 4.87. The van der Waals surface area contributed by atoms with Crippen LogP contribution in [0.25, 0.3) is 0 Å². The molecule has 0 aromatic heterocycles. The highest BCUT2D eigenvalue weighted by molar-refractivity contribution is 6.31. The highest BCUT2D eigenvalue weighted by Crippen LogP contribution is 2.31. The zero-order valence-electron chi connectivity index (χ0n) is 14.4. The van der Waals surface area contributed by atoms with Gasteiger partial charge < -0.3 is 4.74 Å². The van der Waals surface area contributed by atoms with E-state index in [1.54, 1.807) is 18.2 Å². The normalized spacial score (nSPS) is 11.3. The van der Waals surface area contributed by atoms with Crippen molar-refractivity contribution in [2.75, 3.05) is 5.32 Å². The van der Waals surface area contributed by atoms with E-state index in [0.29, 0.717) is 16.3 Å². The van der Waals surface area contributed by atoms with Gasteiger partial charge in [0.25, 0.3) is 0 Å². The molecule has 3 rings (SSSR count). The molecule has 4 nitrogen and oxygen atoms in total. The van der Waals surface area contributed by atoms with Crippen molar-refractivity contribution in [2.24, 2.45) is 0 Å². The van der Waals surface area contributed by atoms with E-state index in [1.165, 1.54) is 0 Å². The van der Waals surface area contributed by atoms with Crippen LogP contribution in [0.5, 0.6) is 0 Å². The molecule has 1 atom stereocenters. The van der Waals surface area contributed by atoms with Crippen LogP contribution in [0.15, 0.2) is 78.9 Å². The Morgan fingerprint density at radius 1 is 1.04 bits per heavy atom. The van der Waals surface area contributed by atoms with Gasteiger partial charge in [-0.3, -0.25) is 5.32 Å². The van der Waals surface area contributed by atoms with Crippen LogP contribution < -0.4 is 5.32 Å². The summed E-state index contributed by atoms with van der Waals surface area (Å²) in [6, 6.07) is 26.2. The van der Waals surface area contributed by atoms with Crippen molar-refractivity contribution in [1.29, 1.82) is 5.26 Å². The van der Waals surface area contributed by atoms with Gasteiger partial charge in [0.2, 0.25) is 0 Å². The number of nitriles is 1. The number of halogens is 1. The Balaban J connectivity index is 1.67. The molecular weight excluding hydrogens is 360 g/mol. The maximum absolute atomic E-state index is 12.0. The lowest BCUT2D eigenvalue weighted by Crippen LogP contribution is -2.13. The van der Waals surface area contributed by atoms with Crippen molar-refractivity contribution in [3.05, 3.63) is 101 Å². The summed E-state index contributed by atoms with van der Waals surface area (Å²) < 4.78 is 5.19. The molecule has 0 spiro atoms. The van der Waals surface area contributed by atoms with Gasteiger partial charge in [0.1, 0.15) is 6.61 Å². The predicted molar refractivity (Wildman–Crippen MR) is 106 cm³/mol. The number of ether oxygens (including phenoxy) is 1. The topological polar surface area (TPSA) is 62.1 Å². The highest BCUT2D eigenvalue weighted by atomic mass is 35.5. The van der Waals surface area contributed by atoms with Crippen LogP contribution in [-0.4, -0.2) is 6.09 Å². The maximum atomic E-state index is 12.0. The molecular formula is C22H17ClN2O2. The molecule has 3 aromatic rings. The average molecular weight is 377 g/mol. The fourth-order valence-electron chi connectivity index (χ4n) is 2.69. The Bertz CT molecular complexity index is 953. The predicted octanol–water partition coefficient (Wildman–Crippen LogP) is 5.74. The molecule has 1 N–H and O–H groups in total. The van der Waals surface area contributed by atoms with Gasteiger partial charge in [-0.05, 0) is 28.8 Å². The van der Waals surface area contributed by atoms with Crippen LogP contribution in [-0.2, 0) is 11.3 Å². The Hall–Kier alpha value is -3.29. The first-order valence-corrected chi connectivity index (χ1v) is 8.77. The van der Waals surface area contributed by atoms with Crippen molar-refractivity contribution < 1.29 is 9.53 Å². The molecule has 134 valence electrons. The Morgan fingerprint density at radius 2 is 1.70 bits per heavy atom. The summed E-state index contributed by atoms with van der Waals surface area (Å²) in [6.45, 7) is 0.184. The smallest absolute Gasteiger partial charge is 0.411 e. The van der Waals surface area contributed by atoms with Crippen molar-refractivity contribution in [3.63, 3.8) is 0 Å². The SMILES string of the molecule is N#CC(c1ccccc1)c1ccc(NC(=O)OCc2ccccc2)cc1Cl. The molecule has 0 radical (unpaired) electrons. The maximum Gasteiger partial charge on any atom is 0.411 e. The van der Waals surface area contributed by atoms with E-state index in [2.05, 4.69) is 11.4 Å². The van der Waals surface area contributed by atoms with Crippen molar-refractivity contribution in [1.82, 2.24) is 0 Å². The van der Waals surface area contributed by atoms with Crippen molar-refractivity contribution >= 4 is 23.4 Å². The monoisotopic (exact) mass is 376 g/mol. The second-order valence-corrected chi connectivity index (χ2v) is 6.30. The number of rotatable bonds is 5. The number of nitrogens with zero attached hydrogens (tertiary/aromatic N) is 1. The van der Waals surface area contributed by atoms with Crippen LogP contribution in [0.2, 0.25) is 5.02 Å². The van der Waals surface area contributed by atoms with E-state index >= 15 is 0 Å². The fraction of sp³-hybridized carbons (Fsp3) is 0.0909. The Labute approximate surface area is 163 Å². The van der Waals surface area contributed by atoms with Crippen molar-refractivity contribution in [2.45, 2.75) is 12.5 Å². The minimum Gasteiger partial charge on any atom is -0.444 e. The number of hydrogen-bond acceptors (Lipinski definition) is 3. The Kier molecular flexibility index (Phi) is 6.09. The number of benzene rings is 3. The second-order valence-electron chi connectivity index (χ2n) is 5.90. The summed E-state index contributed by atoms with van der Waals surface area (Å²) in [5.41, 5.74) is 2.96. The molecule has 0 aliphatic heterocycles. The van der Waals surface area contributed by atoms with Gasteiger partial charge in [-0.2, -0.15) is 5.26 Å². The number of hydrogen-bond donors (Lipinski definition) is 1. The van der Waals surface area contributed by atoms with Gasteiger partial charge in [-0.15, -0.1) is 0 Å². The van der Waals surface area contributed by atoms with E-state index in [-0.39, 0.29) is 6.61 Å². The first kappa shape index (κ1) is 18.5. The van der Waals surface area contributed by atoms with Gasteiger partial charge in [0.15, 0.2) is 0 Å². The van der Waals surface area contributed by atoms with E-state index in [0.717, 1.165) is 11.1 Å². The third-order valence-corrected chi connectivity index (χ3v) is 4.36. The summed E-state index contributed by atoms with van der Waals surface area (Å²) in [4.78, 5) is 12.0. The Morgan fingerprint density at radius 3 is 2.33 bits per heavy atom. The van der Waals surface area contributed by atoms with Crippen LogP contribution in [0.3, 0.4) is 0 Å². The summed E-state index contributed by atoms with van der Waals surface area (Å²) in [6.07, 6.45) is -0.567. The van der Waals surface area contributed by atoms with Gasteiger partial charge in [0, 0.05) is 10.7 Å². The molecule has 0 saturated carbocycles. The average Bonchev–Trinajstić information content (AvgIpc) is 2.70. The molecule has 27 heavy (non-hydrogen) atoms. The lowest BCUT2D eigenvalue weighted by atomic mass is 9.92. The van der Waals surface area contributed by atoms with E-state index in [1.807, 2.05) is 60.7 Å². The highest BCUT2D eigenvalue weighted by Gasteiger charge is 2.17. The van der Waals surface area contributed by atoms with Crippen LogP contribution in [0.4, 0.5) is 10.5 Å². The molecule has 5 heteroatoms. The first-order valence-electron chi connectivity index (χ1n) is 8.39. The largest absolute Gasteiger partial charge is 0.444 e. The second kappa shape index (κ2) is 8.88. The standard InChI is InChI=1S/C22H17ClN2O2/c23-21-13-18(25-22(26)27-15-16-7-3-1-4-8-16)11-12-19(21)20(14-24)17-9-5-2-6-10-17/h1-13,20H,15H2,(H,25,26). The summed E-state index contributed by atoms with van der Waals surface area (Å²) in [7, 11) is 0. The first-order chi connectivity index (χ1) is 13.2. The summed E-state index contributed by atoms with van der Waals surface area (Å²) in [5, 5.41) is 12.6. The number of carbonyl (C=O) groups is 1. The lowest BCUT2D eigenvalue weighted by Gasteiger charge is -2.13. The van der Waals surface area contributed by atoms with Gasteiger partial charge >= 0.3 is 6.09 Å². The quantitative estimate of drug-likeness (QED) is 0.617.